The highest BCUT2D eigenvalue weighted by molar-refractivity contribution is 5.49. The first-order valence-electron chi connectivity index (χ1n) is 7.37. The molecule has 4 heteroatoms. The normalized spacial score (nSPS) is 14.8. The van der Waals surface area contributed by atoms with Crippen LogP contribution in [0.3, 0.4) is 0 Å². The van der Waals surface area contributed by atoms with E-state index in [2.05, 4.69) is 36.1 Å². The van der Waals surface area contributed by atoms with Gasteiger partial charge in [-0.05, 0) is 39.0 Å². The average molecular weight is 263 g/mol. The van der Waals surface area contributed by atoms with Crippen molar-refractivity contribution in [3.8, 4) is 5.88 Å². The second-order valence-electron chi connectivity index (χ2n) is 5.70. The lowest BCUT2D eigenvalue weighted by molar-refractivity contribution is 0.276. The van der Waals surface area contributed by atoms with Gasteiger partial charge in [0.05, 0.1) is 12.2 Å². The lowest BCUT2D eigenvalue weighted by Crippen LogP contribution is -2.10. The first-order valence-corrected chi connectivity index (χ1v) is 7.37. The van der Waals surface area contributed by atoms with Crippen LogP contribution in [-0.4, -0.2) is 23.1 Å². The number of aromatic nitrogens is 2. The van der Waals surface area contributed by atoms with Gasteiger partial charge in [0, 0.05) is 12.5 Å². The first kappa shape index (κ1) is 14.1. The SMILES string of the molecule is CCNc1nc(C2CC2)nc(OCCC(C)C)c1C. The minimum Gasteiger partial charge on any atom is -0.477 e. The van der Waals surface area contributed by atoms with Crippen LogP contribution in [0.5, 0.6) is 5.88 Å². The van der Waals surface area contributed by atoms with Crippen molar-refractivity contribution < 1.29 is 4.74 Å². The molecule has 0 aliphatic heterocycles. The Balaban J connectivity index is 2.14. The van der Waals surface area contributed by atoms with Crippen molar-refractivity contribution in [2.24, 2.45) is 5.92 Å². The summed E-state index contributed by atoms with van der Waals surface area (Å²) in [5, 5.41) is 3.31. The molecular weight excluding hydrogens is 238 g/mol. The van der Waals surface area contributed by atoms with Crippen molar-refractivity contribution in [2.75, 3.05) is 18.5 Å². The predicted octanol–water partition coefficient (Wildman–Crippen LogP) is 3.52. The molecule has 0 bridgehead atoms. The molecule has 19 heavy (non-hydrogen) atoms. The van der Waals surface area contributed by atoms with Gasteiger partial charge in [0.25, 0.3) is 0 Å². The van der Waals surface area contributed by atoms with Gasteiger partial charge in [-0.15, -0.1) is 0 Å². The third-order valence-electron chi connectivity index (χ3n) is 3.34. The molecule has 1 aromatic rings. The Morgan fingerprint density at radius 3 is 2.63 bits per heavy atom. The number of nitrogens with one attached hydrogen (secondary N) is 1. The van der Waals surface area contributed by atoms with Gasteiger partial charge < -0.3 is 10.1 Å². The van der Waals surface area contributed by atoms with Crippen molar-refractivity contribution in [3.05, 3.63) is 11.4 Å². The van der Waals surface area contributed by atoms with E-state index < -0.39 is 0 Å². The van der Waals surface area contributed by atoms with Gasteiger partial charge in [0.1, 0.15) is 11.6 Å². The van der Waals surface area contributed by atoms with Gasteiger partial charge in [-0.2, -0.15) is 4.98 Å². The fourth-order valence-electron chi connectivity index (χ4n) is 1.91. The third-order valence-corrected chi connectivity index (χ3v) is 3.34. The summed E-state index contributed by atoms with van der Waals surface area (Å²) in [5.41, 5.74) is 1.02. The molecule has 1 saturated carbocycles. The molecule has 0 atom stereocenters. The van der Waals surface area contributed by atoms with Crippen molar-refractivity contribution in [1.82, 2.24) is 9.97 Å². The van der Waals surface area contributed by atoms with Gasteiger partial charge in [0.2, 0.25) is 5.88 Å². The minimum atomic E-state index is 0.547. The number of hydrogen-bond acceptors (Lipinski definition) is 4. The third kappa shape index (κ3) is 3.82. The van der Waals surface area contributed by atoms with E-state index in [-0.39, 0.29) is 0 Å². The number of hydrogen-bond donors (Lipinski definition) is 1. The zero-order valence-corrected chi connectivity index (χ0v) is 12.5. The Morgan fingerprint density at radius 1 is 1.32 bits per heavy atom. The molecule has 0 saturated heterocycles. The topological polar surface area (TPSA) is 47.0 Å². The minimum absolute atomic E-state index is 0.547. The van der Waals surface area contributed by atoms with Gasteiger partial charge >= 0.3 is 0 Å². The van der Waals surface area contributed by atoms with E-state index >= 15 is 0 Å². The number of rotatable bonds is 7. The van der Waals surface area contributed by atoms with Crippen molar-refractivity contribution in [3.63, 3.8) is 0 Å². The molecule has 0 radical (unpaired) electrons. The maximum atomic E-state index is 5.86. The summed E-state index contributed by atoms with van der Waals surface area (Å²) in [6, 6.07) is 0. The molecule has 1 N–H and O–H groups in total. The zero-order chi connectivity index (χ0) is 13.8. The maximum Gasteiger partial charge on any atom is 0.221 e. The van der Waals surface area contributed by atoms with E-state index in [0.29, 0.717) is 11.8 Å². The summed E-state index contributed by atoms with van der Waals surface area (Å²) >= 11 is 0. The molecule has 0 spiro atoms. The highest BCUT2D eigenvalue weighted by atomic mass is 16.5. The van der Waals surface area contributed by atoms with E-state index in [1.807, 2.05) is 6.92 Å². The molecule has 2 rings (SSSR count). The summed E-state index contributed by atoms with van der Waals surface area (Å²) < 4.78 is 5.86. The Bertz CT molecular complexity index is 428. The average Bonchev–Trinajstić information content (AvgIpc) is 3.17. The Morgan fingerprint density at radius 2 is 2.05 bits per heavy atom. The van der Waals surface area contributed by atoms with Crippen molar-refractivity contribution in [2.45, 2.75) is 52.9 Å². The van der Waals surface area contributed by atoms with E-state index in [9.17, 15) is 0 Å². The van der Waals surface area contributed by atoms with Crippen molar-refractivity contribution in [1.29, 1.82) is 0 Å². The summed E-state index contributed by atoms with van der Waals surface area (Å²) in [7, 11) is 0. The van der Waals surface area contributed by atoms with E-state index in [0.717, 1.165) is 42.7 Å². The molecule has 1 fully saturated rings. The fraction of sp³-hybridized carbons (Fsp3) is 0.733. The van der Waals surface area contributed by atoms with Gasteiger partial charge in [0.15, 0.2) is 0 Å². The largest absolute Gasteiger partial charge is 0.477 e. The number of anilines is 1. The smallest absolute Gasteiger partial charge is 0.221 e. The fourth-order valence-corrected chi connectivity index (χ4v) is 1.91. The summed E-state index contributed by atoms with van der Waals surface area (Å²) in [6.45, 7) is 10.1. The van der Waals surface area contributed by atoms with Crippen LogP contribution < -0.4 is 10.1 Å². The van der Waals surface area contributed by atoms with E-state index in [1.54, 1.807) is 0 Å². The Labute approximate surface area is 116 Å². The molecular formula is C15H25N3O. The molecule has 0 unspecified atom stereocenters. The predicted molar refractivity (Wildman–Crippen MR) is 77.9 cm³/mol. The zero-order valence-electron chi connectivity index (χ0n) is 12.5. The highest BCUT2D eigenvalue weighted by Crippen LogP contribution is 2.39. The van der Waals surface area contributed by atoms with E-state index in [4.69, 9.17) is 4.74 Å². The Kier molecular flexibility index (Phi) is 4.61. The van der Waals surface area contributed by atoms with Crippen LogP contribution in [0.15, 0.2) is 0 Å². The van der Waals surface area contributed by atoms with Crippen LogP contribution in [0.2, 0.25) is 0 Å². The second kappa shape index (κ2) is 6.22. The van der Waals surface area contributed by atoms with Crippen LogP contribution in [0, 0.1) is 12.8 Å². The molecule has 1 aliphatic carbocycles. The van der Waals surface area contributed by atoms with Gasteiger partial charge in [-0.25, -0.2) is 4.98 Å². The molecule has 1 heterocycles. The quantitative estimate of drug-likeness (QED) is 0.817. The standard InChI is InChI=1S/C15H25N3O/c1-5-16-13-11(4)15(19-9-8-10(2)3)18-14(17-13)12-6-7-12/h10,12H,5-9H2,1-4H3,(H,16,17,18). The lowest BCUT2D eigenvalue weighted by Gasteiger charge is -2.14. The second-order valence-corrected chi connectivity index (χ2v) is 5.70. The van der Waals surface area contributed by atoms with Gasteiger partial charge in [-0.1, -0.05) is 13.8 Å². The Hall–Kier alpha value is -1.32. The summed E-state index contributed by atoms with van der Waals surface area (Å²) in [6.07, 6.45) is 3.47. The molecule has 4 nitrogen and oxygen atoms in total. The molecule has 1 aliphatic rings. The summed E-state index contributed by atoms with van der Waals surface area (Å²) in [5.74, 6) is 3.83. The molecule has 0 amide bonds. The molecule has 1 aromatic heterocycles. The van der Waals surface area contributed by atoms with Crippen LogP contribution in [0.1, 0.15) is 57.3 Å². The number of ether oxygens (including phenoxy) is 1. The van der Waals surface area contributed by atoms with Crippen LogP contribution >= 0.6 is 0 Å². The lowest BCUT2D eigenvalue weighted by atomic mass is 10.1. The number of nitrogens with zero attached hydrogens (tertiary/aromatic N) is 2. The first-order chi connectivity index (χ1) is 9.11. The highest BCUT2D eigenvalue weighted by Gasteiger charge is 2.28. The van der Waals surface area contributed by atoms with Crippen LogP contribution in [0.4, 0.5) is 5.82 Å². The molecule has 0 aromatic carbocycles. The van der Waals surface area contributed by atoms with Crippen LogP contribution in [-0.2, 0) is 0 Å². The van der Waals surface area contributed by atoms with Gasteiger partial charge in [-0.3, -0.25) is 0 Å². The van der Waals surface area contributed by atoms with E-state index in [1.165, 1.54) is 12.8 Å². The summed E-state index contributed by atoms with van der Waals surface area (Å²) in [4.78, 5) is 9.23. The van der Waals surface area contributed by atoms with Crippen molar-refractivity contribution >= 4 is 5.82 Å². The van der Waals surface area contributed by atoms with Crippen LogP contribution in [0.25, 0.3) is 0 Å². The molecule has 106 valence electrons. The monoisotopic (exact) mass is 263 g/mol. The maximum absolute atomic E-state index is 5.86.